The van der Waals surface area contributed by atoms with E-state index in [1.54, 1.807) is 7.11 Å². The molecule has 0 aliphatic rings. The molecule has 0 aromatic heterocycles. The molecule has 0 saturated heterocycles. The Hall–Kier alpha value is -1.14. The first-order chi connectivity index (χ1) is 5.77. The largest absolute Gasteiger partial charge is 0.496 e. The maximum Gasteiger partial charge on any atom is 0.138 e. The highest BCUT2D eigenvalue weighted by Gasteiger charge is 2.02. The smallest absolute Gasteiger partial charge is 0.138 e. The van der Waals surface area contributed by atoms with Crippen LogP contribution >= 0.6 is 11.8 Å². The van der Waals surface area contributed by atoms with Crippen LogP contribution in [-0.4, -0.2) is 7.11 Å². The molecule has 1 aromatic rings. The molecule has 0 atom stereocenters. The zero-order valence-electron chi connectivity index (χ0n) is 7.00. The van der Waals surface area contributed by atoms with Gasteiger partial charge >= 0.3 is 0 Å². The molecule has 2 nitrogen and oxygen atoms in total. The van der Waals surface area contributed by atoms with Gasteiger partial charge in [0.25, 0.3) is 0 Å². The first kappa shape index (κ1) is 8.95. The summed E-state index contributed by atoms with van der Waals surface area (Å²) in [7, 11) is 1.60. The molecule has 0 saturated carbocycles. The third-order valence-electron chi connectivity index (χ3n) is 1.47. The van der Waals surface area contributed by atoms with Crippen LogP contribution in [0, 0.1) is 17.6 Å². The topological polar surface area (TPSA) is 33.0 Å². The van der Waals surface area contributed by atoms with E-state index in [1.807, 2.05) is 30.5 Å². The van der Waals surface area contributed by atoms with Crippen molar-refractivity contribution in [2.45, 2.75) is 11.8 Å². The average molecular weight is 179 g/mol. The summed E-state index contributed by atoms with van der Waals surface area (Å²) in [5.74, 6) is 0.757. The molecule has 0 bridgehead atoms. The van der Waals surface area contributed by atoms with E-state index in [0.29, 0.717) is 0 Å². The molecule has 0 radical (unpaired) electrons. The Morgan fingerprint density at radius 1 is 1.50 bits per heavy atom. The molecule has 3 heteroatoms. The molecule has 1 aromatic carbocycles. The van der Waals surface area contributed by atoms with Gasteiger partial charge in [-0.2, -0.15) is 5.26 Å². The first-order valence-corrected chi connectivity index (χ1v) is 4.30. The lowest BCUT2D eigenvalue weighted by Crippen LogP contribution is -1.85. The second-order valence-electron chi connectivity index (χ2n) is 2.35. The third kappa shape index (κ3) is 1.93. The number of nitriles is 1. The number of nitrogens with zero attached hydrogens (tertiary/aromatic N) is 1. The molecule has 62 valence electrons. The fraction of sp³-hybridized carbons (Fsp3) is 0.222. The van der Waals surface area contributed by atoms with Gasteiger partial charge in [0.2, 0.25) is 0 Å². The van der Waals surface area contributed by atoms with Gasteiger partial charge in [-0.25, -0.2) is 0 Å². The van der Waals surface area contributed by atoms with Gasteiger partial charge in [-0.05, 0) is 36.4 Å². The van der Waals surface area contributed by atoms with Gasteiger partial charge < -0.3 is 4.74 Å². The summed E-state index contributed by atoms with van der Waals surface area (Å²) in [6, 6.07) is 5.77. The van der Waals surface area contributed by atoms with Gasteiger partial charge in [0.1, 0.15) is 11.2 Å². The van der Waals surface area contributed by atoms with Crippen molar-refractivity contribution in [2.24, 2.45) is 0 Å². The van der Waals surface area contributed by atoms with Crippen molar-refractivity contribution < 1.29 is 4.74 Å². The predicted octanol–water partition coefficient (Wildman–Crippen LogP) is 2.58. The minimum atomic E-state index is 0.757. The summed E-state index contributed by atoms with van der Waals surface area (Å²) in [4.78, 5) is 0.875. The Labute approximate surface area is 76.2 Å². The number of ether oxygens (including phenoxy) is 1. The molecule has 0 unspecified atom stereocenters. The van der Waals surface area contributed by atoms with Crippen molar-refractivity contribution in [1.82, 2.24) is 0 Å². The first-order valence-electron chi connectivity index (χ1n) is 3.48. The molecule has 12 heavy (non-hydrogen) atoms. The Morgan fingerprint density at radius 2 is 2.25 bits per heavy atom. The minimum absolute atomic E-state index is 0.757. The van der Waals surface area contributed by atoms with Gasteiger partial charge in [0.15, 0.2) is 0 Å². The van der Waals surface area contributed by atoms with E-state index in [1.165, 1.54) is 0 Å². The highest BCUT2D eigenvalue weighted by molar-refractivity contribution is 8.03. The summed E-state index contributed by atoms with van der Waals surface area (Å²) in [5, 5.41) is 10.5. The Balaban J connectivity index is 3.05. The van der Waals surface area contributed by atoms with Crippen molar-refractivity contribution in [1.29, 1.82) is 5.26 Å². The Morgan fingerprint density at radius 3 is 2.83 bits per heavy atom. The van der Waals surface area contributed by atoms with Crippen LogP contribution in [0.3, 0.4) is 0 Å². The van der Waals surface area contributed by atoms with E-state index < -0.39 is 0 Å². The number of hydrogen-bond donors (Lipinski definition) is 0. The van der Waals surface area contributed by atoms with Gasteiger partial charge in [0, 0.05) is 0 Å². The van der Waals surface area contributed by atoms with E-state index in [4.69, 9.17) is 10.00 Å². The Bertz CT molecular complexity index is 317. The standard InChI is InChI=1S/C9H9NOS/c1-7-3-4-8(11-2)9(5-7)12-6-10/h3-5H,1-2H3. The van der Waals surface area contributed by atoms with Crippen molar-refractivity contribution in [3.8, 4) is 11.2 Å². The number of benzene rings is 1. The van der Waals surface area contributed by atoms with Gasteiger partial charge in [-0.15, -0.1) is 0 Å². The number of thioether (sulfide) groups is 1. The zero-order chi connectivity index (χ0) is 8.97. The van der Waals surface area contributed by atoms with Gasteiger partial charge in [-0.3, -0.25) is 0 Å². The van der Waals surface area contributed by atoms with E-state index in [9.17, 15) is 0 Å². The van der Waals surface area contributed by atoms with Gasteiger partial charge in [-0.1, -0.05) is 6.07 Å². The van der Waals surface area contributed by atoms with Crippen LogP contribution in [0.5, 0.6) is 5.75 Å². The van der Waals surface area contributed by atoms with Crippen LogP contribution in [0.25, 0.3) is 0 Å². The van der Waals surface area contributed by atoms with E-state index in [-0.39, 0.29) is 0 Å². The quantitative estimate of drug-likeness (QED) is 0.516. The number of methoxy groups -OCH3 is 1. The maximum atomic E-state index is 8.49. The molecule has 0 spiro atoms. The zero-order valence-corrected chi connectivity index (χ0v) is 7.81. The summed E-state index contributed by atoms with van der Waals surface area (Å²) < 4.78 is 5.08. The Kier molecular flexibility index (Phi) is 3.01. The molecule has 1 rings (SSSR count). The molecule has 0 heterocycles. The summed E-state index contributed by atoms with van der Waals surface area (Å²) in [6.45, 7) is 1.99. The van der Waals surface area contributed by atoms with Crippen molar-refractivity contribution in [3.05, 3.63) is 23.8 Å². The average Bonchev–Trinajstić information content (AvgIpc) is 2.05. The third-order valence-corrected chi connectivity index (χ3v) is 2.10. The normalized spacial score (nSPS) is 9.08. The number of thiocyanates is 1. The van der Waals surface area contributed by atoms with Gasteiger partial charge in [0.05, 0.1) is 12.0 Å². The molecular formula is C9H9NOS. The summed E-state index contributed by atoms with van der Waals surface area (Å²) in [5.41, 5.74) is 1.13. The number of hydrogen-bond acceptors (Lipinski definition) is 3. The molecule has 0 amide bonds. The fourth-order valence-electron chi connectivity index (χ4n) is 0.913. The van der Waals surface area contributed by atoms with Crippen molar-refractivity contribution in [3.63, 3.8) is 0 Å². The highest BCUT2D eigenvalue weighted by Crippen LogP contribution is 2.28. The second-order valence-corrected chi connectivity index (χ2v) is 3.17. The number of rotatable bonds is 2. The van der Waals surface area contributed by atoms with Crippen LogP contribution in [-0.2, 0) is 0 Å². The van der Waals surface area contributed by atoms with Crippen LogP contribution < -0.4 is 4.74 Å². The highest BCUT2D eigenvalue weighted by atomic mass is 32.2. The maximum absolute atomic E-state index is 8.49. The molecule has 0 aliphatic heterocycles. The lowest BCUT2D eigenvalue weighted by Gasteiger charge is -2.04. The minimum Gasteiger partial charge on any atom is -0.496 e. The van der Waals surface area contributed by atoms with E-state index >= 15 is 0 Å². The van der Waals surface area contributed by atoms with Crippen LogP contribution in [0.1, 0.15) is 5.56 Å². The molecular weight excluding hydrogens is 170 g/mol. The van der Waals surface area contributed by atoms with Crippen LogP contribution in [0.4, 0.5) is 0 Å². The van der Waals surface area contributed by atoms with E-state index in [2.05, 4.69) is 0 Å². The SMILES string of the molecule is COc1ccc(C)cc1SC#N. The fourth-order valence-corrected chi connectivity index (χ4v) is 1.51. The second kappa shape index (κ2) is 4.03. The molecule has 0 aliphatic carbocycles. The molecule has 0 fully saturated rings. The predicted molar refractivity (Wildman–Crippen MR) is 49.2 cm³/mol. The number of aryl methyl sites for hydroxylation is 1. The lowest BCUT2D eigenvalue weighted by atomic mass is 10.2. The van der Waals surface area contributed by atoms with E-state index in [0.717, 1.165) is 28.0 Å². The summed E-state index contributed by atoms with van der Waals surface area (Å²) >= 11 is 1.12. The molecule has 0 N–H and O–H groups in total. The van der Waals surface area contributed by atoms with Crippen LogP contribution in [0.2, 0.25) is 0 Å². The van der Waals surface area contributed by atoms with Crippen molar-refractivity contribution >= 4 is 11.8 Å². The lowest BCUT2D eigenvalue weighted by molar-refractivity contribution is 0.405. The van der Waals surface area contributed by atoms with Crippen LogP contribution in [0.15, 0.2) is 23.1 Å². The van der Waals surface area contributed by atoms with Crippen molar-refractivity contribution in [2.75, 3.05) is 7.11 Å². The monoisotopic (exact) mass is 179 g/mol. The summed E-state index contributed by atoms with van der Waals surface area (Å²) in [6.07, 6.45) is 0.